The van der Waals surface area contributed by atoms with Crippen molar-refractivity contribution in [2.75, 3.05) is 0 Å². The van der Waals surface area contributed by atoms with E-state index in [1.54, 1.807) is 0 Å². The van der Waals surface area contributed by atoms with Gasteiger partial charge in [0.25, 0.3) is 0 Å². The molecule has 3 atom stereocenters. The van der Waals surface area contributed by atoms with Crippen LogP contribution in [0.3, 0.4) is 0 Å². The summed E-state index contributed by atoms with van der Waals surface area (Å²) in [5, 5.41) is 2.50. The van der Waals surface area contributed by atoms with E-state index in [1.165, 1.54) is 12.8 Å². The molecular weight excluding hydrogens is 226 g/mol. The van der Waals surface area contributed by atoms with Crippen LogP contribution in [0, 0.1) is 0 Å². The molecule has 0 bridgehead atoms. The third kappa shape index (κ3) is 2.89. The van der Waals surface area contributed by atoms with Crippen LogP contribution in [0.15, 0.2) is 0 Å². The largest absolute Gasteiger partial charge is 0.373 e. The molecule has 1 amide bonds. The number of carbonyl (C=O) groups excluding carboxylic acids is 1. The van der Waals surface area contributed by atoms with E-state index in [4.69, 9.17) is 16.3 Å². The Bertz CT molecular complexity index is 253. The molecule has 0 aromatic heterocycles. The van der Waals surface area contributed by atoms with Crippen molar-refractivity contribution >= 4 is 17.5 Å². The van der Waals surface area contributed by atoms with Gasteiger partial charge in [-0.05, 0) is 32.6 Å². The Morgan fingerprint density at radius 2 is 2.00 bits per heavy atom. The fourth-order valence-corrected chi connectivity index (χ4v) is 2.82. The number of carbonyl (C=O) groups is 1. The Hall–Kier alpha value is -0.280. The molecule has 0 radical (unpaired) electrons. The first-order chi connectivity index (χ1) is 7.66. The van der Waals surface area contributed by atoms with Gasteiger partial charge in [-0.15, -0.1) is 11.6 Å². The molecule has 0 aromatic carbocycles. The second kappa shape index (κ2) is 5.37. The molecule has 0 spiro atoms. The Labute approximate surface area is 102 Å². The van der Waals surface area contributed by atoms with Gasteiger partial charge in [-0.1, -0.05) is 12.8 Å². The summed E-state index contributed by atoms with van der Waals surface area (Å²) >= 11 is 6.14. The summed E-state index contributed by atoms with van der Waals surface area (Å²) in [5.74, 6) is -0.0485. The maximum Gasteiger partial charge on any atom is 0.240 e. The molecule has 1 heterocycles. The van der Waals surface area contributed by atoms with Gasteiger partial charge in [0.1, 0.15) is 5.38 Å². The van der Waals surface area contributed by atoms with Gasteiger partial charge >= 0.3 is 0 Å². The van der Waals surface area contributed by atoms with Crippen LogP contribution in [0.2, 0.25) is 0 Å². The standard InChI is InChI=1S/C12H20ClNO2/c1-8-6-7-10(16-8)11(13)12(15)14-9-4-2-3-5-9/h8-11H,2-7H2,1H3,(H,14,15). The van der Waals surface area contributed by atoms with E-state index < -0.39 is 5.38 Å². The molecule has 0 aromatic rings. The second-order valence-corrected chi connectivity index (χ2v) is 5.42. The monoisotopic (exact) mass is 245 g/mol. The lowest BCUT2D eigenvalue weighted by molar-refractivity contribution is -0.123. The molecule has 2 fully saturated rings. The summed E-state index contributed by atoms with van der Waals surface area (Å²) in [4.78, 5) is 11.9. The first-order valence-corrected chi connectivity index (χ1v) is 6.70. The minimum absolute atomic E-state index is 0.0485. The second-order valence-electron chi connectivity index (χ2n) is 4.95. The van der Waals surface area contributed by atoms with Crippen LogP contribution < -0.4 is 5.32 Å². The number of alkyl halides is 1. The predicted octanol–water partition coefficient (Wildman–Crippen LogP) is 2.22. The smallest absolute Gasteiger partial charge is 0.240 e. The van der Waals surface area contributed by atoms with Crippen LogP contribution in [0.1, 0.15) is 45.4 Å². The zero-order valence-corrected chi connectivity index (χ0v) is 10.5. The molecule has 1 aliphatic heterocycles. The first-order valence-electron chi connectivity index (χ1n) is 6.26. The van der Waals surface area contributed by atoms with E-state index in [2.05, 4.69) is 5.32 Å². The van der Waals surface area contributed by atoms with Crippen molar-refractivity contribution in [3.63, 3.8) is 0 Å². The van der Waals surface area contributed by atoms with Crippen molar-refractivity contribution in [2.24, 2.45) is 0 Å². The van der Waals surface area contributed by atoms with Crippen LogP contribution >= 0.6 is 11.6 Å². The minimum atomic E-state index is -0.523. The van der Waals surface area contributed by atoms with Crippen LogP contribution in [-0.2, 0) is 9.53 Å². The van der Waals surface area contributed by atoms with Gasteiger partial charge in [0, 0.05) is 6.04 Å². The highest BCUT2D eigenvalue weighted by molar-refractivity contribution is 6.31. The molecule has 92 valence electrons. The summed E-state index contributed by atoms with van der Waals surface area (Å²) in [7, 11) is 0. The van der Waals surface area contributed by atoms with Crippen LogP contribution in [0.5, 0.6) is 0 Å². The maximum atomic E-state index is 11.9. The SMILES string of the molecule is CC1CCC(C(Cl)C(=O)NC2CCCC2)O1. The van der Waals surface area contributed by atoms with Crippen molar-refractivity contribution in [1.82, 2.24) is 5.32 Å². The van der Waals surface area contributed by atoms with Crippen LogP contribution in [0.25, 0.3) is 0 Å². The van der Waals surface area contributed by atoms with E-state index in [1.807, 2.05) is 6.92 Å². The van der Waals surface area contributed by atoms with Gasteiger partial charge < -0.3 is 10.1 Å². The Kier molecular flexibility index (Phi) is 4.09. The zero-order chi connectivity index (χ0) is 11.5. The lowest BCUT2D eigenvalue weighted by Gasteiger charge is -2.19. The molecule has 2 aliphatic rings. The average Bonchev–Trinajstić information content (AvgIpc) is 2.88. The summed E-state index contributed by atoms with van der Waals surface area (Å²) in [6.45, 7) is 2.03. The van der Waals surface area contributed by atoms with Gasteiger partial charge in [-0.2, -0.15) is 0 Å². The lowest BCUT2D eigenvalue weighted by Crippen LogP contribution is -2.42. The molecule has 2 rings (SSSR count). The molecule has 4 heteroatoms. The third-order valence-electron chi connectivity index (χ3n) is 3.54. The first kappa shape index (κ1) is 12.2. The molecule has 3 unspecified atom stereocenters. The Morgan fingerprint density at radius 3 is 2.56 bits per heavy atom. The van der Waals surface area contributed by atoms with E-state index in [0.717, 1.165) is 25.7 Å². The maximum absolute atomic E-state index is 11.9. The van der Waals surface area contributed by atoms with Gasteiger partial charge in [-0.25, -0.2) is 0 Å². The highest BCUT2D eigenvalue weighted by Gasteiger charge is 2.33. The van der Waals surface area contributed by atoms with E-state index in [-0.39, 0.29) is 18.1 Å². The number of hydrogen-bond acceptors (Lipinski definition) is 2. The number of ether oxygens (including phenoxy) is 1. The predicted molar refractivity (Wildman–Crippen MR) is 63.6 cm³/mol. The molecule has 1 saturated carbocycles. The molecule has 1 saturated heterocycles. The van der Waals surface area contributed by atoms with Crippen molar-refractivity contribution < 1.29 is 9.53 Å². The van der Waals surface area contributed by atoms with E-state index in [9.17, 15) is 4.79 Å². The number of rotatable bonds is 3. The Balaban J connectivity index is 1.79. The third-order valence-corrected chi connectivity index (χ3v) is 4.02. The number of nitrogens with one attached hydrogen (secondary N) is 1. The zero-order valence-electron chi connectivity index (χ0n) is 9.75. The highest BCUT2D eigenvalue weighted by Crippen LogP contribution is 2.25. The number of amides is 1. The highest BCUT2D eigenvalue weighted by atomic mass is 35.5. The number of halogens is 1. The Morgan fingerprint density at radius 1 is 1.31 bits per heavy atom. The quantitative estimate of drug-likeness (QED) is 0.775. The van der Waals surface area contributed by atoms with Crippen LogP contribution in [0.4, 0.5) is 0 Å². The topological polar surface area (TPSA) is 38.3 Å². The van der Waals surface area contributed by atoms with Gasteiger partial charge in [0.2, 0.25) is 5.91 Å². The number of hydrogen-bond donors (Lipinski definition) is 1. The summed E-state index contributed by atoms with van der Waals surface area (Å²) in [5.41, 5.74) is 0. The molecule has 3 nitrogen and oxygen atoms in total. The summed E-state index contributed by atoms with van der Waals surface area (Å²) < 4.78 is 5.62. The van der Waals surface area contributed by atoms with E-state index in [0.29, 0.717) is 6.04 Å². The van der Waals surface area contributed by atoms with Gasteiger partial charge in [0.15, 0.2) is 0 Å². The minimum Gasteiger partial charge on any atom is -0.373 e. The van der Waals surface area contributed by atoms with E-state index >= 15 is 0 Å². The fraction of sp³-hybridized carbons (Fsp3) is 0.917. The van der Waals surface area contributed by atoms with Crippen LogP contribution in [-0.4, -0.2) is 29.5 Å². The molecule has 16 heavy (non-hydrogen) atoms. The van der Waals surface area contributed by atoms with Crippen molar-refractivity contribution in [1.29, 1.82) is 0 Å². The fourth-order valence-electron chi connectivity index (χ4n) is 2.57. The molecular formula is C12H20ClNO2. The van der Waals surface area contributed by atoms with Gasteiger partial charge in [0.05, 0.1) is 12.2 Å². The normalized spacial score (nSPS) is 32.9. The average molecular weight is 246 g/mol. The molecule has 1 N–H and O–H groups in total. The molecule has 1 aliphatic carbocycles. The van der Waals surface area contributed by atoms with Crippen molar-refractivity contribution in [3.05, 3.63) is 0 Å². The van der Waals surface area contributed by atoms with Gasteiger partial charge in [-0.3, -0.25) is 4.79 Å². The summed E-state index contributed by atoms with van der Waals surface area (Å²) in [6.07, 6.45) is 6.67. The van der Waals surface area contributed by atoms with Crippen molar-refractivity contribution in [3.8, 4) is 0 Å². The van der Waals surface area contributed by atoms with Crippen molar-refractivity contribution in [2.45, 2.75) is 69.1 Å². The summed E-state index contributed by atoms with van der Waals surface area (Å²) in [6, 6.07) is 0.340. The lowest BCUT2D eigenvalue weighted by atomic mass is 10.1.